The van der Waals surface area contributed by atoms with Gasteiger partial charge in [-0.3, -0.25) is 4.79 Å². The van der Waals surface area contributed by atoms with E-state index in [9.17, 15) is 4.79 Å². The number of Topliss-reactive ketones (excluding diaryl/α,β-unsaturated/α-hetero) is 1. The summed E-state index contributed by atoms with van der Waals surface area (Å²) < 4.78 is 7.22. The fourth-order valence-corrected chi connectivity index (χ4v) is 2.00. The SMILES string of the molecule is CCn1ccnc1C(=O)C1(OC)CCC1. The van der Waals surface area contributed by atoms with Crippen molar-refractivity contribution in [3.8, 4) is 0 Å². The number of methoxy groups -OCH3 is 1. The van der Waals surface area contributed by atoms with E-state index in [2.05, 4.69) is 4.98 Å². The molecule has 0 saturated heterocycles. The third kappa shape index (κ3) is 1.49. The maximum absolute atomic E-state index is 12.2. The Morgan fingerprint density at radius 2 is 2.40 bits per heavy atom. The summed E-state index contributed by atoms with van der Waals surface area (Å²) in [5, 5.41) is 0. The molecule has 1 saturated carbocycles. The van der Waals surface area contributed by atoms with Crippen molar-refractivity contribution < 1.29 is 9.53 Å². The highest BCUT2D eigenvalue weighted by molar-refractivity contribution is 6.00. The van der Waals surface area contributed by atoms with Crippen molar-refractivity contribution in [1.29, 1.82) is 0 Å². The van der Waals surface area contributed by atoms with Crippen molar-refractivity contribution in [2.45, 2.75) is 38.3 Å². The van der Waals surface area contributed by atoms with E-state index in [4.69, 9.17) is 4.74 Å². The van der Waals surface area contributed by atoms with Gasteiger partial charge in [-0.15, -0.1) is 0 Å². The minimum Gasteiger partial charge on any atom is -0.370 e. The minimum absolute atomic E-state index is 0.0306. The lowest BCUT2D eigenvalue weighted by atomic mass is 9.76. The zero-order chi connectivity index (χ0) is 10.9. The van der Waals surface area contributed by atoms with Crippen molar-refractivity contribution in [2.24, 2.45) is 0 Å². The monoisotopic (exact) mass is 208 g/mol. The molecule has 0 atom stereocenters. The van der Waals surface area contributed by atoms with Gasteiger partial charge in [-0.2, -0.15) is 0 Å². The molecule has 0 aliphatic heterocycles. The van der Waals surface area contributed by atoms with Gasteiger partial charge in [0.05, 0.1) is 0 Å². The Kier molecular flexibility index (Phi) is 2.61. The van der Waals surface area contributed by atoms with Crippen molar-refractivity contribution in [2.75, 3.05) is 7.11 Å². The third-order valence-corrected chi connectivity index (χ3v) is 3.23. The summed E-state index contributed by atoms with van der Waals surface area (Å²) in [6, 6.07) is 0. The van der Waals surface area contributed by atoms with Crippen LogP contribution in [-0.2, 0) is 11.3 Å². The van der Waals surface area contributed by atoms with Gasteiger partial charge in [0.1, 0.15) is 5.60 Å². The highest BCUT2D eigenvalue weighted by atomic mass is 16.5. The van der Waals surface area contributed by atoms with Crippen molar-refractivity contribution in [3.63, 3.8) is 0 Å². The first-order valence-electron chi connectivity index (χ1n) is 5.34. The number of nitrogens with zero attached hydrogens (tertiary/aromatic N) is 2. The van der Waals surface area contributed by atoms with Gasteiger partial charge in [-0.05, 0) is 26.2 Å². The summed E-state index contributed by atoms with van der Waals surface area (Å²) in [5.41, 5.74) is -0.585. The van der Waals surface area contributed by atoms with E-state index in [1.807, 2.05) is 17.7 Å². The topological polar surface area (TPSA) is 44.1 Å². The maximum atomic E-state index is 12.2. The molecule has 0 spiro atoms. The van der Waals surface area contributed by atoms with E-state index in [-0.39, 0.29) is 5.78 Å². The van der Waals surface area contributed by atoms with Crippen LogP contribution in [0, 0.1) is 0 Å². The molecule has 0 N–H and O–H groups in total. The van der Waals surface area contributed by atoms with Gasteiger partial charge in [0.25, 0.3) is 0 Å². The molecule has 1 aliphatic rings. The van der Waals surface area contributed by atoms with Gasteiger partial charge in [0, 0.05) is 26.0 Å². The molecule has 0 amide bonds. The van der Waals surface area contributed by atoms with Crippen LogP contribution in [0.1, 0.15) is 36.8 Å². The van der Waals surface area contributed by atoms with Crippen LogP contribution in [0.25, 0.3) is 0 Å². The molecule has 82 valence electrons. The zero-order valence-electron chi connectivity index (χ0n) is 9.19. The molecule has 1 aromatic rings. The number of rotatable bonds is 4. The first-order chi connectivity index (χ1) is 7.23. The second kappa shape index (κ2) is 3.77. The Hall–Kier alpha value is -1.16. The van der Waals surface area contributed by atoms with Crippen LogP contribution in [-0.4, -0.2) is 28.0 Å². The van der Waals surface area contributed by atoms with Crippen LogP contribution in [0.15, 0.2) is 12.4 Å². The predicted octanol–water partition coefficient (Wildman–Crippen LogP) is 1.65. The van der Waals surface area contributed by atoms with E-state index in [0.29, 0.717) is 5.82 Å². The summed E-state index contributed by atoms with van der Waals surface area (Å²) in [5.74, 6) is 0.558. The fraction of sp³-hybridized carbons (Fsp3) is 0.636. The van der Waals surface area contributed by atoms with E-state index >= 15 is 0 Å². The molecule has 2 rings (SSSR count). The molecule has 0 unspecified atom stereocenters. The van der Waals surface area contributed by atoms with Crippen LogP contribution in [0.3, 0.4) is 0 Å². The van der Waals surface area contributed by atoms with Crippen LogP contribution >= 0.6 is 0 Å². The maximum Gasteiger partial charge on any atom is 0.229 e. The summed E-state index contributed by atoms with van der Waals surface area (Å²) >= 11 is 0. The van der Waals surface area contributed by atoms with Gasteiger partial charge in [-0.1, -0.05) is 0 Å². The minimum atomic E-state index is -0.585. The van der Waals surface area contributed by atoms with E-state index in [1.54, 1.807) is 13.3 Å². The summed E-state index contributed by atoms with van der Waals surface area (Å²) in [7, 11) is 1.61. The van der Waals surface area contributed by atoms with Crippen LogP contribution in [0.2, 0.25) is 0 Å². The lowest BCUT2D eigenvalue weighted by Gasteiger charge is -2.38. The molecule has 1 heterocycles. The molecule has 1 aliphatic carbocycles. The Bertz CT molecular complexity index is 361. The molecule has 4 nitrogen and oxygen atoms in total. The molecule has 0 radical (unpaired) electrons. The van der Waals surface area contributed by atoms with Crippen LogP contribution in [0.4, 0.5) is 0 Å². The normalized spacial score (nSPS) is 18.5. The molecule has 1 aromatic heterocycles. The average molecular weight is 208 g/mol. The highest BCUT2D eigenvalue weighted by Gasteiger charge is 2.46. The lowest BCUT2D eigenvalue weighted by molar-refractivity contribution is -0.0457. The second-order valence-electron chi connectivity index (χ2n) is 3.92. The highest BCUT2D eigenvalue weighted by Crippen LogP contribution is 2.37. The number of carbonyl (C=O) groups is 1. The predicted molar refractivity (Wildman–Crippen MR) is 55.8 cm³/mol. The molecule has 4 heteroatoms. The third-order valence-electron chi connectivity index (χ3n) is 3.23. The lowest BCUT2D eigenvalue weighted by Crippen LogP contribution is -2.48. The Balaban J connectivity index is 2.27. The Labute approximate surface area is 89.3 Å². The number of ether oxygens (including phenoxy) is 1. The molecular formula is C11H16N2O2. The number of hydrogen-bond donors (Lipinski definition) is 0. The summed E-state index contributed by atoms with van der Waals surface area (Å²) in [6.07, 6.45) is 6.19. The zero-order valence-corrected chi connectivity index (χ0v) is 9.19. The number of aryl methyl sites for hydroxylation is 1. The van der Waals surface area contributed by atoms with Crippen LogP contribution in [0.5, 0.6) is 0 Å². The summed E-state index contributed by atoms with van der Waals surface area (Å²) in [4.78, 5) is 16.3. The Morgan fingerprint density at radius 1 is 1.67 bits per heavy atom. The molecular weight excluding hydrogens is 192 g/mol. The number of ketones is 1. The van der Waals surface area contributed by atoms with Crippen molar-refractivity contribution in [3.05, 3.63) is 18.2 Å². The van der Waals surface area contributed by atoms with Crippen LogP contribution < -0.4 is 0 Å². The van der Waals surface area contributed by atoms with E-state index in [0.717, 1.165) is 25.8 Å². The van der Waals surface area contributed by atoms with Gasteiger partial charge in [0.2, 0.25) is 5.78 Å². The quantitative estimate of drug-likeness (QED) is 0.707. The largest absolute Gasteiger partial charge is 0.370 e. The number of imidazole rings is 1. The average Bonchev–Trinajstić information content (AvgIpc) is 2.64. The molecule has 1 fully saturated rings. The van der Waals surface area contributed by atoms with Gasteiger partial charge in [0.15, 0.2) is 5.82 Å². The van der Waals surface area contributed by atoms with Crippen molar-refractivity contribution >= 4 is 5.78 Å². The second-order valence-corrected chi connectivity index (χ2v) is 3.92. The van der Waals surface area contributed by atoms with E-state index in [1.165, 1.54) is 0 Å². The first-order valence-corrected chi connectivity index (χ1v) is 5.34. The van der Waals surface area contributed by atoms with Gasteiger partial charge in [-0.25, -0.2) is 4.98 Å². The first kappa shape index (κ1) is 10.4. The Morgan fingerprint density at radius 3 is 2.87 bits per heavy atom. The van der Waals surface area contributed by atoms with Gasteiger partial charge < -0.3 is 9.30 Å². The standard InChI is InChI=1S/C11H16N2O2/c1-3-13-8-7-12-10(13)9(14)11(15-2)5-4-6-11/h7-8H,3-6H2,1-2H3. The fourth-order valence-electron chi connectivity index (χ4n) is 2.00. The van der Waals surface area contributed by atoms with Crippen molar-refractivity contribution in [1.82, 2.24) is 9.55 Å². The number of carbonyl (C=O) groups excluding carboxylic acids is 1. The molecule has 0 aromatic carbocycles. The molecule has 15 heavy (non-hydrogen) atoms. The van der Waals surface area contributed by atoms with Gasteiger partial charge >= 0.3 is 0 Å². The summed E-state index contributed by atoms with van der Waals surface area (Å²) in [6.45, 7) is 2.76. The molecule has 0 bridgehead atoms. The smallest absolute Gasteiger partial charge is 0.229 e. The number of hydrogen-bond acceptors (Lipinski definition) is 3. The number of aromatic nitrogens is 2. The van der Waals surface area contributed by atoms with E-state index < -0.39 is 5.60 Å².